The molecule has 4 aromatic rings. The van der Waals surface area contributed by atoms with Crippen LogP contribution in [0.15, 0.2) is 59.6 Å². The highest BCUT2D eigenvalue weighted by Gasteiger charge is 2.20. The molecule has 0 bridgehead atoms. The van der Waals surface area contributed by atoms with Crippen LogP contribution in [0, 0.1) is 18.3 Å². The zero-order valence-electron chi connectivity index (χ0n) is 15.0. The van der Waals surface area contributed by atoms with Crippen LogP contribution in [0.3, 0.4) is 0 Å². The van der Waals surface area contributed by atoms with E-state index in [1.165, 1.54) is 12.3 Å². The zero-order chi connectivity index (χ0) is 20.4. The van der Waals surface area contributed by atoms with Crippen molar-refractivity contribution in [3.05, 3.63) is 65.9 Å². The molecular formula is C19H13N5O3S2. The number of pyridine rings is 1. The van der Waals surface area contributed by atoms with Gasteiger partial charge in [-0.05, 0) is 55.0 Å². The Kier molecular flexibility index (Phi) is 4.84. The van der Waals surface area contributed by atoms with Crippen molar-refractivity contribution in [2.75, 3.05) is 4.72 Å². The van der Waals surface area contributed by atoms with Crippen molar-refractivity contribution in [2.45, 2.75) is 11.8 Å². The smallest absolute Gasteiger partial charge is 0.264 e. The normalized spacial score (nSPS) is 11.2. The Hall–Kier alpha value is -3.55. The molecule has 2 aromatic carbocycles. The number of benzene rings is 2. The van der Waals surface area contributed by atoms with Crippen LogP contribution in [0.5, 0.6) is 11.6 Å². The summed E-state index contributed by atoms with van der Waals surface area (Å²) in [4.78, 5) is 4.12. The number of nitriles is 1. The molecule has 0 spiro atoms. The summed E-state index contributed by atoms with van der Waals surface area (Å²) in [5, 5.41) is 9.14. The number of hydrogen-bond acceptors (Lipinski definition) is 8. The molecule has 2 heterocycles. The van der Waals surface area contributed by atoms with Gasteiger partial charge in [0.1, 0.15) is 33.3 Å². The van der Waals surface area contributed by atoms with Crippen LogP contribution < -0.4 is 9.46 Å². The minimum absolute atomic E-state index is 0.0654. The van der Waals surface area contributed by atoms with Crippen molar-refractivity contribution in [2.24, 2.45) is 0 Å². The minimum atomic E-state index is -3.86. The molecule has 0 saturated heterocycles. The molecule has 0 unspecified atom stereocenters. The molecule has 0 atom stereocenters. The Morgan fingerprint density at radius 3 is 2.79 bits per heavy atom. The summed E-state index contributed by atoms with van der Waals surface area (Å²) in [6.45, 7) is 1.75. The number of aromatic nitrogens is 3. The summed E-state index contributed by atoms with van der Waals surface area (Å²) < 4.78 is 42.2. The van der Waals surface area contributed by atoms with Gasteiger partial charge in [0, 0.05) is 6.20 Å². The first kappa shape index (κ1) is 18.8. The van der Waals surface area contributed by atoms with Crippen molar-refractivity contribution >= 4 is 38.5 Å². The van der Waals surface area contributed by atoms with E-state index in [1.54, 1.807) is 49.4 Å². The fourth-order valence-corrected chi connectivity index (χ4v) is 4.58. The minimum Gasteiger partial charge on any atom is -0.438 e. The fourth-order valence-electron chi connectivity index (χ4n) is 2.68. The lowest BCUT2D eigenvalue weighted by molar-refractivity contribution is 0.461. The van der Waals surface area contributed by atoms with Gasteiger partial charge in [0.05, 0.1) is 17.4 Å². The second-order valence-electron chi connectivity index (χ2n) is 6.04. The lowest BCUT2D eigenvalue weighted by atomic mass is 10.2. The van der Waals surface area contributed by atoms with Crippen molar-refractivity contribution in [3.8, 4) is 17.7 Å². The highest BCUT2D eigenvalue weighted by molar-refractivity contribution is 7.93. The van der Waals surface area contributed by atoms with Crippen molar-refractivity contribution in [1.82, 2.24) is 13.7 Å². The number of rotatable bonds is 5. The molecule has 0 amide bonds. The van der Waals surface area contributed by atoms with Gasteiger partial charge in [-0.25, -0.2) is 13.4 Å². The Bertz CT molecular complexity index is 1360. The highest BCUT2D eigenvalue weighted by atomic mass is 32.2. The maximum Gasteiger partial charge on any atom is 0.264 e. The van der Waals surface area contributed by atoms with Crippen molar-refractivity contribution in [1.29, 1.82) is 5.26 Å². The summed E-state index contributed by atoms with van der Waals surface area (Å²) >= 11 is 0.961. The molecule has 10 heteroatoms. The van der Waals surface area contributed by atoms with E-state index >= 15 is 0 Å². The summed E-state index contributed by atoms with van der Waals surface area (Å²) in [6, 6.07) is 15.0. The number of nitrogens with one attached hydrogen (secondary N) is 1. The topological polar surface area (TPSA) is 118 Å². The van der Waals surface area contributed by atoms with Crippen molar-refractivity contribution in [3.63, 3.8) is 0 Å². The summed E-state index contributed by atoms with van der Waals surface area (Å²) in [7, 11) is -3.86. The largest absolute Gasteiger partial charge is 0.438 e. The first-order valence-corrected chi connectivity index (χ1v) is 10.6. The number of hydrogen-bond donors (Lipinski definition) is 1. The molecule has 0 aliphatic rings. The van der Waals surface area contributed by atoms with Crippen LogP contribution in [0.25, 0.3) is 11.0 Å². The van der Waals surface area contributed by atoms with Crippen molar-refractivity contribution < 1.29 is 13.2 Å². The van der Waals surface area contributed by atoms with Gasteiger partial charge in [-0.15, -0.1) is 0 Å². The first-order valence-electron chi connectivity index (χ1n) is 8.35. The lowest BCUT2D eigenvalue weighted by Gasteiger charge is -2.13. The maximum atomic E-state index is 12.9. The standard InChI is InChI=1S/C19H13N5O3S2/c1-12-10-14(27-19-13(11-20)4-3-9-21-19)7-8-15(12)24-29(25,26)17-6-2-5-16-18(17)23-28-22-16/h2-10,24H,1H3. The number of sulfonamides is 1. The SMILES string of the molecule is Cc1cc(Oc2ncccc2C#N)ccc1NS(=O)(=O)c1cccc2nsnc12. The van der Waals surface area contributed by atoms with E-state index in [9.17, 15) is 8.42 Å². The maximum absolute atomic E-state index is 12.9. The van der Waals surface area contributed by atoms with Crippen LogP contribution in [0.4, 0.5) is 5.69 Å². The number of nitrogens with zero attached hydrogens (tertiary/aromatic N) is 4. The van der Waals surface area contributed by atoms with E-state index in [-0.39, 0.29) is 10.8 Å². The lowest BCUT2D eigenvalue weighted by Crippen LogP contribution is -2.14. The molecule has 144 valence electrons. The van der Waals surface area contributed by atoms with E-state index in [0.717, 1.165) is 11.7 Å². The molecule has 29 heavy (non-hydrogen) atoms. The van der Waals surface area contributed by atoms with Gasteiger partial charge in [-0.2, -0.15) is 14.0 Å². The van der Waals surface area contributed by atoms with Gasteiger partial charge in [-0.1, -0.05) is 6.07 Å². The van der Waals surface area contributed by atoms with Crippen LogP contribution in [0.2, 0.25) is 0 Å². The van der Waals surface area contributed by atoms with Gasteiger partial charge in [0.2, 0.25) is 5.88 Å². The molecule has 0 aliphatic carbocycles. The number of aryl methyl sites for hydroxylation is 1. The van der Waals surface area contributed by atoms with Gasteiger partial charge in [-0.3, -0.25) is 4.72 Å². The molecule has 4 rings (SSSR count). The number of anilines is 1. The third-order valence-corrected chi connectivity index (χ3v) is 6.03. The molecule has 0 saturated carbocycles. The Morgan fingerprint density at radius 1 is 1.14 bits per heavy atom. The molecular weight excluding hydrogens is 410 g/mol. The molecule has 0 fully saturated rings. The first-order chi connectivity index (χ1) is 14.0. The molecule has 0 aliphatic heterocycles. The van der Waals surface area contributed by atoms with E-state index in [1.807, 2.05) is 6.07 Å². The summed E-state index contributed by atoms with van der Waals surface area (Å²) in [6.07, 6.45) is 1.53. The van der Waals surface area contributed by atoms with Gasteiger partial charge in [0.15, 0.2) is 0 Å². The van der Waals surface area contributed by atoms with Crippen LogP contribution in [0.1, 0.15) is 11.1 Å². The Morgan fingerprint density at radius 2 is 2.00 bits per heavy atom. The quantitative estimate of drug-likeness (QED) is 0.518. The second kappa shape index (κ2) is 7.46. The summed E-state index contributed by atoms with van der Waals surface area (Å²) in [5.74, 6) is 0.622. The highest BCUT2D eigenvalue weighted by Crippen LogP contribution is 2.29. The Balaban J connectivity index is 1.62. The summed E-state index contributed by atoms with van der Waals surface area (Å²) in [5.41, 5.74) is 2.21. The predicted molar refractivity (Wildman–Crippen MR) is 108 cm³/mol. The van der Waals surface area contributed by atoms with Gasteiger partial charge < -0.3 is 4.74 Å². The molecule has 1 N–H and O–H groups in total. The monoisotopic (exact) mass is 423 g/mol. The molecule has 8 nitrogen and oxygen atoms in total. The third-order valence-electron chi connectivity index (χ3n) is 4.09. The van der Waals surface area contributed by atoms with Crippen LogP contribution >= 0.6 is 11.7 Å². The molecule has 0 radical (unpaired) electrons. The predicted octanol–water partition coefficient (Wildman–Crippen LogP) is 3.86. The molecule has 2 aromatic heterocycles. The van der Waals surface area contributed by atoms with Crippen LogP contribution in [-0.4, -0.2) is 22.1 Å². The average molecular weight is 423 g/mol. The van der Waals surface area contributed by atoms with E-state index in [4.69, 9.17) is 10.00 Å². The third kappa shape index (κ3) is 3.73. The Labute approximate surface area is 170 Å². The van der Waals surface area contributed by atoms with E-state index < -0.39 is 10.0 Å². The van der Waals surface area contributed by atoms with Gasteiger partial charge in [0.25, 0.3) is 10.0 Å². The second-order valence-corrected chi connectivity index (χ2v) is 8.22. The number of ether oxygens (including phenoxy) is 1. The average Bonchev–Trinajstić information content (AvgIpc) is 3.19. The number of fused-ring (bicyclic) bond motifs is 1. The van der Waals surface area contributed by atoms with Gasteiger partial charge >= 0.3 is 0 Å². The fraction of sp³-hybridized carbons (Fsp3) is 0.0526. The van der Waals surface area contributed by atoms with E-state index in [0.29, 0.717) is 33.6 Å². The van der Waals surface area contributed by atoms with E-state index in [2.05, 4.69) is 18.5 Å². The zero-order valence-corrected chi connectivity index (χ0v) is 16.7. The van der Waals surface area contributed by atoms with Crippen LogP contribution in [-0.2, 0) is 10.0 Å².